The summed E-state index contributed by atoms with van der Waals surface area (Å²) in [6.45, 7) is 1.42. The van der Waals surface area contributed by atoms with Gasteiger partial charge in [0.05, 0.1) is 0 Å². The van der Waals surface area contributed by atoms with E-state index < -0.39 is 0 Å². The van der Waals surface area contributed by atoms with Gasteiger partial charge in [-0.2, -0.15) is 0 Å². The van der Waals surface area contributed by atoms with Gasteiger partial charge in [0, 0.05) is 30.7 Å². The summed E-state index contributed by atoms with van der Waals surface area (Å²) in [7, 11) is 0. The minimum absolute atomic E-state index is 0.0318. The molecule has 29 heavy (non-hydrogen) atoms. The number of nitrogens with zero attached hydrogens (tertiary/aromatic N) is 1. The molecule has 3 amide bonds. The largest absolute Gasteiger partial charge is 0.351 e. The fourth-order valence-corrected chi connectivity index (χ4v) is 7.56. The van der Waals surface area contributed by atoms with E-state index in [0.717, 1.165) is 43.6 Å². The number of likely N-dealkylation sites (tertiary alicyclic amines) is 1. The minimum atomic E-state index is 0.0318. The zero-order valence-electron chi connectivity index (χ0n) is 17.8. The third kappa shape index (κ3) is 4.06. The number of carbonyl (C=O) groups excluding carboxylic acids is 2. The van der Waals surface area contributed by atoms with Crippen LogP contribution in [0, 0.1) is 23.7 Å². The zero-order valence-corrected chi connectivity index (χ0v) is 17.8. The second-order valence-corrected chi connectivity index (χ2v) is 10.6. The van der Waals surface area contributed by atoms with Crippen LogP contribution in [0.25, 0.3) is 0 Å². The second-order valence-electron chi connectivity index (χ2n) is 10.6. The molecular formula is C24H37N3O2. The van der Waals surface area contributed by atoms with Crippen molar-refractivity contribution in [2.45, 2.75) is 89.0 Å². The van der Waals surface area contributed by atoms with Crippen molar-refractivity contribution in [3.8, 4) is 0 Å². The average Bonchev–Trinajstić information content (AvgIpc) is 2.69. The molecule has 5 fully saturated rings. The van der Waals surface area contributed by atoms with Gasteiger partial charge in [0.15, 0.2) is 0 Å². The number of amides is 3. The first-order valence-corrected chi connectivity index (χ1v) is 12.2. The molecular weight excluding hydrogens is 362 g/mol. The standard InChI is InChI=1S/C24H37N3O2/c28-22(26-24-14-17-11-18(15-24)13-19(12-17)16-24)8-3-9-25-23(29)27-10-4-6-20-5-1-2-7-21(20)27/h7,17-20H,1-6,8-16H2,(H,25,29)(H,26,28). The maximum atomic E-state index is 12.7. The first-order valence-electron chi connectivity index (χ1n) is 12.2. The summed E-state index contributed by atoms with van der Waals surface area (Å²) < 4.78 is 0. The van der Waals surface area contributed by atoms with E-state index in [1.54, 1.807) is 0 Å². The maximum absolute atomic E-state index is 12.7. The lowest BCUT2D eigenvalue weighted by molar-refractivity contribution is -0.126. The molecule has 160 valence electrons. The number of hydrogen-bond donors (Lipinski definition) is 2. The Morgan fingerprint density at radius 2 is 1.72 bits per heavy atom. The number of fused-ring (bicyclic) bond motifs is 1. The number of allylic oxidation sites excluding steroid dienone is 2. The van der Waals surface area contributed by atoms with Crippen LogP contribution in [0.15, 0.2) is 11.8 Å². The van der Waals surface area contributed by atoms with Crippen LogP contribution in [0.3, 0.4) is 0 Å². The Labute approximate surface area is 175 Å². The maximum Gasteiger partial charge on any atom is 0.321 e. The first kappa shape index (κ1) is 19.4. The van der Waals surface area contributed by atoms with Gasteiger partial charge in [-0.25, -0.2) is 4.79 Å². The number of piperidine rings is 1. The van der Waals surface area contributed by atoms with E-state index >= 15 is 0 Å². The van der Waals surface area contributed by atoms with Gasteiger partial charge in [0.2, 0.25) is 5.91 Å². The molecule has 5 aliphatic carbocycles. The van der Waals surface area contributed by atoms with Gasteiger partial charge in [-0.15, -0.1) is 0 Å². The van der Waals surface area contributed by atoms with Gasteiger partial charge < -0.3 is 10.6 Å². The number of nitrogens with one attached hydrogen (secondary N) is 2. The molecule has 0 spiro atoms. The normalized spacial score (nSPS) is 37.7. The van der Waals surface area contributed by atoms with Gasteiger partial charge in [-0.3, -0.25) is 9.69 Å². The van der Waals surface area contributed by atoms with E-state index in [0.29, 0.717) is 18.9 Å². The molecule has 5 heteroatoms. The van der Waals surface area contributed by atoms with Gasteiger partial charge in [0.25, 0.3) is 0 Å². The SMILES string of the molecule is O=C(CCCNC(=O)N1CCCC2CCCC=C21)NC12CC3CC(CC(C3)C1)C2. The Morgan fingerprint density at radius 1 is 1.03 bits per heavy atom. The lowest BCUT2D eigenvalue weighted by Gasteiger charge is -2.56. The highest BCUT2D eigenvalue weighted by molar-refractivity contribution is 5.78. The molecule has 0 aromatic heterocycles. The summed E-state index contributed by atoms with van der Waals surface area (Å²) >= 11 is 0. The molecule has 0 radical (unpaired) electrons. The molecule has 1 heterocycles. The van der Waals surface area contributed by atoms with Gasteiger partial charge >= 0.3 is 6.03 Å². The summed E-state index contributed by atoms with van der Waals surface area (Å²) in [5.74, 6) is 3.32. The Morgan fingerprint density at radius 3 is 2.45 bits per heavy atom. The smallest absolute Gasteiger partial charge is 0.321 e. The van der Waals surface area contributed by atoms with E-state index in [-0.39, 0.29) is 17.5 Å². The summed E-state index contributed by atoms with van der Waals surface area (Å²) in [6, 6.07) is 0.0318. The molecule has 4 bridgehead atoms. The molecule has 1 atom stereocenters. The van der Waals surface area contributed by atoms with E-state index in [9.17, 15) is 9.59 Å². The van der Waals surface area contributed by atoms with Crippen LogP contribution in [0.4, 0.5) is 4.79 Å². The lowest BCUT2D eigenvalue weighted by atomic mass is 9.53. The number of rotatable bonds is 5. The van der Waals surface area contributed by atoms with E-state index in [1.807, 2.05) is 4.90 Å². The van der Waals surface area contributed by atoms with Crippen molar-refractivity contribution in [2.75, 3.05) is 13.1 Å². The summed E-state index contributed by atoms with van der Waals surface area (Å²) in [5.41, 5.74) is 1.35. The number of urea groups is 1. The lowest BCUT2D eigenvalue weighted by Crippen LogP contribution is -2.59. The molecule has 1 aliphatic heterocycles. The monoisotopic (exact) mass is 399 g/mol. The molecule has 1 saturated heterocycles. The second kappa shape index (κ2) is 7.96. The predicted octanol–water partition coefficient (Wildman–Crippen LogP) is 4.34. The third-order valence-corrected chi connectivity index (χ3v) is 8.32. The molecule has 6 aliphatic rings. The Kier molecular flexibility index (Phi) is 5.34. The van der Waals surface area contributed by atoms with Gasteiger partial charge in [0.1, 0.15) is 0 Å². The molecule has 2 N–H and O–H groups in total. The Bertz CT molecular complexity index is 650. The van der Waals surface area contributed by atoms with Gasteiger partial charge in [-0.1, -0.05) is 6.08 Å². The molecule has 4 saturated carbocycles. The fourth-order valence-electron chi connectivity index (χ4n) is 7.56. The Hall–Kier alpha value is -1.52. The van der Waals surface area contributed by atoms with Crippen LogP contribution < -0.4 is 10.6 Å². The molecule has 5 nitrogen and oxygen atoms in total. The van der Waals surface area contributed by atoms with E-state index in [2.05, 4.69) is 16.7 Å². The van der Waals surface area contributed by atoms with Gasteiger partial charge in [-0.05, 0) is 101 Å². The van der Waals surface area contributed by atoms with Crippen molar-refractivity contribution >= 4 is 11.9 Å². The number of hydrogen-bond acceptors (Lipinski definition) is 2. The van der Waals surface area contributed by atoms with Crippen molar-refractivity contribution in [1.29, 1.82) is 0 Å². The van der Waals surface area contributed by atoms with Crippen LogP contribution in [-0.2, 0) is 4.79 Å². The topological polar surface area (TPSA) is 61.4 Å². The quantitative estimate of drug-likeness (QED) is 0.676. The van der Waals surface area contributed by atoms with E-state index in [4.69, 9.17) is 0 Å². The average molecular weight is 400 g/mol. The van der Waals surface area contributed by atoms with Crippen molar-refractivity contribution in [3.63, 3.8) is 0 Å². The summed E-state index contributed by atoms with van der Waals surface area (Å²) in [6.07, 6.45) is 17.2. The molecule has 0 aromatic rings. The molecule has 6 rings (SSSR count). The minimum Gasteiger partial charge on any atom is -0.351 e. The van der Waals surface area contributed by atoms with Crippen molar-refractivity contribution < 1.29 is 9.59 Å². The highest BCUT2D eigenvalue weighted by Crippen LogP contribution is 2.55. The first-order chi connectivity index (χ1) is 14.1. The predicted molar refractivity (Wildman–Crippen MR) is 113 cm³/mol. The number of carbonyl (C=O) groups is 2. The fraction of sp³-hybridized carbons (Fsp3) is 0.833. The van der Waals surface area contributed by atoms with Crippen LogP contribution in [-0.4, -0.2) is 35.5 Å². The zero-order chi connectivity index (χ0) is 19.8. The highest BCUT2D eigenvalue weighted by Gasteiger charge is 2.51. The molecule has 0 aromatic carbocycles. The van der Waals surface area contributed by atoms with E-state index in [1.165, 1.54) is 63.5 Å². The molecule has 1 unspecified atom stereocenters. The van der Waals surface area contributed by atoms with Crippen LogP contribution in [0.5, 0.6) is 0 Å². The summed E-state index contributed by atoms with van der Waals surface area (Å²) in [5, 5.41) is 6.51. The van der Waals surface area contributed by atoms with Crippen LogP contribution in [0.2, 0.25) is 0 Å². The highest BCUT2D eigenvalue weighted by atomic mass is 16.2. The van der Waals surface area contributed by atoms with Crippen molar-refractivity contribution in [2.24, 2.45) is 23.7 Å². The Balaban J connectivity index is 1.06. The van der Waals surface area contributed by atoms with Crippen molar-refractivity contribution in [3.05, 3.63) is 11.8 Å². The van der Waals surface area contributed by atoms with Crippen molar-refractivity contribution in [1.82, 2.24) is 15.5 Å². The third-order valence-electron chi connectivity index (χ3n) is 8.32. The van der Waals surface area contributed by atoms with Crippen LogP contribution in [0.1, 0.15) is 83.5 Å². The van der Waals surface area contributed by atoms with Crippen LogP contribution >= 0.6 is 0 Å². The summed E-state index contributed by atoms with van der Waals surface area (Å²) in [4.78, 5) is 27.2.